The van der Waals surface area contributed by atoms with E-state index >= 15 is 0 Å². The van der Waals surface area contributed by atoms with Crippen LogP contribution < -0.4 is 15.0 Å². The molecule has 7 nitrogen and oxygen atoms in total. The number of carbonyl (C=O) groups excluding carboxylic acids is 1. The quantitative estimate of drug-likeness (QED) is 0.787. The molecule has 1 saturated heterocycles. The largest absolute Gasteiger partial charge is 0.493 e. The monoisotopic (exact) mass is 338 g/mol. The molecule has 128 valence electrons. The van der Waals surface area contributed by atoms with Crippen LogP contribution in [-0.2, 0) is 0 Å². The van der Waals surface area contributed by atoms with Crippen molar-refractivity contribution in [3.8, 4) is 5.75 Å². The van der Waals surface area contributed by atoms with Gasteiger partial charge in [-0.05, 0) is 25.0 Å². The van der Waals surface area contributed by atoms with E-state index in [1.807, 2.05) is 12.1 Å². The molecule has 7 heteroatoms. The Balaban J connectivity index is 1.57. The van der Waals surface area contributed by atoms with E-state index in [9.17, 15) is 4.79 Å². The van der Waals surface area contributed by atoms with Crippen LogP contribution in [0.25, 0.3) is 11.0 Å². The molecule has 25 heavy (non-hydrogen) atoms. The van der Waals surface area contributed by atoms with E-state index in [1.165, 1.54) is 6.33 Å². The SMILES string of the molecule is COc1cccc2cc(C(=O)Nc3cc(N4CCCC4)ncn3)oc12. The summed E-state index contributed by atoms with van der Waals surface area (Å²) in [6.45, 7) is 1.96. The van der Waals surface area contributed by atoms with Crippen LogP contribution in [0.3, 0.4) is 0 Å². The second kappa shape index (κ2) is 6.43. The molecule has 1 fully saturated rings. The van der Waals surface area contributed by atoms with Crippen LogP contribution >= 0.6 is 0 Å². The lowest BCUT2D eigenvalue weighted by molar-refractivity contribution is 0.0998. The molecular weight excluding hydrogens is 320 g/mol. The van der Waals surface area contributed by atoms with Crippen LogP contribution in [0.15, 0.2) is 41.1 Å². The Morgan fingerprint density at radius 2 is 2.08 bits per heavy atom. The zero-order valence-electron chi connectivity index (χ0n) is 13.9. The third kappa shape index (κ3) is 3.00. The maximum atomic E-state index is 12.5. The first-order valence-corrected chi connectivity index (χ1v) is 8.19. The average molecular weight is 338 g/mol. The van der Waals surface area contributed by atoms with Crippen molar-refractivity contribution in [1.29, 1.82) is 0 Å². The van der Waals surface area contributed by atoms with E-state index in [4.69, 9.17) is 9.15 Å². The van der Waals surface area contributed by atoms with Gasteiger partial charge in [0.15, 0.2) is 17.1 Å². The lowest BCUT2D eigenvalue weighted by Crippen LogP contribution is -2.20. The van der Waals surface area contributed by atoms with Crippen molar-refractivity contribution in [1.82, 2.24) is 9.97 Å². The summed E-state index contributed by atoms with van der Waals surface area (Å²) in [7, 11) is 1.57. The number of furan rings is 1. The summed E-state index contributed by atoms with van der Waals surface area (Å²) in [5.74, 6) is 1.73. The van der Waals surface area contributed by atoms with Crippen LogP contribution in [-0.4, -0.2) is 36.1 Å². The van der Waals surface area contributed by atoms with Gasteiger partial charge in [0.2, 0.25) is 0 Å². The zero-order valence-corrected chi connectivity index (χ0v) is 13.9. The summed E-state index contributed by atoms with van der Waals surface area (Å²) in [6, 6.07) is 8.99. The minimum Gasteiger partial charge on any atom is -0.493 e. The van der Waals surface area contributed by atoms with E-state index in [0.717, 1.165) is 37.1 Å². The molecule has 1 aliphatic rings. The van der Waals surface area contributed by atoms with E-state index < -0.39 is 0 Å². The summed E-state index contributed by atoms with van der Waals surface area (Å²) in [5, 5.41) is 3.58. The number of hydrogen-bond donors (Lipinski definition) is 1. The lowest BCUT2D eigenvalue weighted by atomic mass is 10.2. The number of rotatable bonds is 4. The Morgan fingerprint density at radius 1 is 1.24 bits per heavy atom. The number of benzene rings is 1. The molecule has 0 aliphatic carbocycles. The molecule has 0 spiro atoms. The van der Waals surface area contributed by atoms with Gasteiger partial charge in [-0.1, -0.05) is 12.1 Å². The summed E-state index contributed by atoms with van der Waals surface area (Å²) in [4.78, 5) is 23.1. The first-order chi connectivity index (χ1) is 12.2. The van der Waals surface area contributed by atoms with Gasteiger partial charge in [0, 0.05) is 24.5 Å². The smallest absolute Gasteiger partial charge is 0.292 e. The van der Waals surface area contributed by atoms with Crippen LogP contribution in [0.1, 0.15) is 23.4 Å². The summed E-state index contributed by atoms with van der Waals surface area (Å²) >= 11 is 0. The number of amides is 1. The van der Waals surface area contributed by atoms with Gasteiger partial charge < -0.3 is 19.4 Å². The Bertz CT molecular complexity index is 916. The van der Waals surface area contributed by atoms with Gasteiger partial charge >= 0.3 is 0 Å². The molecule has 0 atom stereocenters. The van der Waals surface area contributed by atoms with Crippen molar-refractivity contribution in [3.05, 3.63) is 42.4 Å². The van der Waals surface area contributed by atoms with Crippen molar-refractivity contribution >= 4 is 28.5 Å². The third-order valence-corrected chi connectivity index (χ3v) is 4.28. The fraction of sp³-hybridized carbons (Fsp3) is 0.278. The average Bonchev–Trinajstić information content (AvgIpc) is 3.31. The van der Waals surface area contributed by atoms with Gasteiger partial charge in [-0.25, -0.2) is 9.97 Å². The van der Waals surface area contributed by atoms with Crippen LogP contribution in [0.4, 0.5) is 11.6 Å². The van der Waals surface area contributed by atoms with Crippen LogP contribution in [0.2, 0.25) is 0 Å². The number of fused-ring (bicyclic) bond motifs is 1. The highest BCUT2D eigenvalue weighted by atomic mass is 16.5. The number of para-hydroxylation sites is 1. The van der Waals surface area contributed by atoms with Gasteiger partial charge in [0.05, 0.1) is 7.11 Å². The Hall–Kier alpha value is -3.09. The standard InChI is InChI=1S/C18H18N4O3/c1-24-13-6-4-5-12-9-14(25-17(12)13)18(23)21-15-10-16(20-11-19-15)22-7-2-3-8-22/h4-6,9-11H,2-3,7-8H2,1H3,(H,19,20,21,23). The molecule has 1 aliphatic heterocycles. The minimum atomic E-state index is -0.357. The van der Waals surface area contributed by atoms with Crippen molar-refractivity contribution < 1.29 is 13.9 Å². The maximum absolute atomic E-state index is 12.5. The Labute approximate surface area is 144 Å². The number of ether oxygens (including phenoxy) is 1. The normalized spacial score (nSPS) is 14.0. The fourth-order valence-electron chi connectivity index (χ4n) is 3.02. The van der Waals surface area contributed by atoms with Gasteiger partial charge in [-0.2, -0.15) is 0 Å². The van der Waals surface area contributed by atoms with Gasteiger partial charge in [-0.15, -0.1) is 0 Å². The van der Waals surface area contributed by atoms with E-state index in [0.29, 0.717) is 17.2 Å². The molecular formula is C18H18N4O3. The zero-order chi connectivity index (χ0) is 17.2. The number of aromatic nitrogens is 2. The Morgan fingerprint density at radius 3 is 2.88 bits per heavy atom. The van der Waals surface area contributed by atoms with E-state index in [-0.39, 0.29) is 11.7 Å². The van der Waals surface area contributed by atoms with Crippen molar-refractivity contribution in [3.63, 3.8) is 0 Å². The van der Waals surface area contributed by atoms with Crippen LogP contribution in [0, 0.1) is 0 Å². The molecule has 0 radical (unpaired) electrons. The second-order valence-corrected chi connectivity index (χ2v) is 5.90. The molecule has 1 amide bonds. The molecule has 1 aromatic carbocycles. The Kier molecular flexibility index (Phi) is 3.97. The third-order valence-electron chi connectivity index (χ3n) is 4.28. The summed E-state index contributed by atoms with van der Waals surface area (Å²) < 4.78 is 10.9. The predicted molar refractivity (Wildman–Crippen MR) is 94.2 cm³/mol. The number of anilines is 2. The molecule has 0 bridgehead atoms. The number of nitrogens with one attached hydrogen (secondary N) is 1. The predicted octanol–water partition coefficient (Wildman–Crippen LogP) is 3.08. The number of nitrogens with zero attached hydrogens (tertiary/aromatic N) is 3. The van der Waals surface area contributed by atoms with Crippen molar-refractivity contribution in [2.75, 3.05) is 30.4 Å². The van der Waals surface area contributed by atoms with E-state index in [1.54, 1.807) is 25.3 Å². The summed E-state index contributed by atoms with van der Waals surface area (Å²) in [5.41, 5.74) is 0.551. The molecule has 0 unspecified atom stereocenters. The molecule has 3 aromatic rings. The number of carbonyl (C=O) groups is 1. The second-order valence-electron chi connectivity index (χ2n) is 5.90. The molecule has 2 aromatic heterocycles. The van der Waals surface area contributed by atoms with Crippen molar-refractivity contribution in [2.45, 2.75) is 12.8 Å². The highest BCUT2D eigenvalue weighted by Crippen LogP contribution is 2.29. The molecule has 1 N–H and O–H groups in total. The highest BCUT2D eigenvalue weighted by Gasteiger charge is 2.17. The fourth-order valence-corrected chi connectivity index (χ4v) is 3.02. The topological polar surface area (TPSA) is 80.5 Å². The minimum absolute atomic E-state index is 0.209. The number of hydrogen-bond acceptors (Lipinski definition) is 6. The first-order valence-electron chi connectivity index (χ1n) is 8.19. The highest BCUT2D eigenvalue weighted by molar-refractivity contribution is 6.04. The van der Waals surface area contributed by atoms with Gasteiger partial charge in [0.25, 0.3) is 5.91 Å². The molecule has 3 heterocycles. The molecule has 4 rings (SSSR count). The summed E-state index contributed by atoms with van der Waals surface area (Å²) in [6.07, 6.45) is 3.78. The first kappa shape index (κ1) is 15.4. The maximum Gasteiger partial charge on any atom is 0.292 e. The van der Waals surface area contributed by atoms with Crippen LogP contribution in [0.5, 0.6) is 5.75 Å². The molecule has 0 saturated carbocycles. The van der Waals surface area contributed by atoms with Gasteiger partial charge in [0.1, 0.15) is 18.0 Å². The van der Waals surface area contributed by atoms with Gasteiger partial charge in [-0.3, -0.25) is 4.79 Å². The lowest BCUT2D eigenvalue weighted by Gasteiger charge is -2.16. The van der Waals surface area contributed by atoms with E-state index in [2.05, 4.69) is 20.2 Å². The van der Waals surface area contributed by atoms with Crippen molar-refractivity contribution in [2.24, 2.45) is 0 Å². The number of methoxy groups -OCH3 is 1.